The van der Waals surface area contributed by atoms with Crippen LogP contribution in [0.25, 0.3) is 0 Å². The minimum atomic E-state index is 0.221. The number of nitrogens with one attached hydrogen (secondary N) is 1. The van der Waals surface area contributed by atoms with E-state index in [1.54, 1.807) is 0 Å². The first-order valence-corrected chi connectivity index (χ1v) is 7.28. The molecule has 0 saturated heterocycles. The molecule has 1 fully saturated rings. The van der Waals surface area contributed by atoms with Gasteiger partial charge in [0.05, 0.1) is 6.54 Å². The Kier molecular flexibility index (Phi) is 4.31. The molecule has 4 heteroatoms. The van der Waals surface area contributed by atoms with E-state index in [2.05, 4.69) is 54.6 Å². The molecule has 19 heavy (non-hydrogen) atoms. The second-order valence-corrected chi connectivity index (χ2v) is 6.91. The zero-order chi connectivity index (χ0) is 14.0. The molecule has 108 valence electrons. The highest BCUT2D eigenvalue weighted by Crippen LogP contribution is 2.32. The van der Waals surface area contributed by atoms with Gasteiger partial charge in [-0.15, -0.1) is 0 Å². The third-order valence-corrected chi connectivity index (χ3v) is 4.15. The van der Waals surface area contributed by atoms with Crippen LogP contribution in [0.15, 0.2) is 12.4 Å². The van der Waals surface area contributed by atoms with Crippen LogP contribution in [0, 0.1) is 5.92 Å². The normalized spacial score (nSPS) is 23.7. The molecule has 0 aliphatic heterocycles. The van der Waals surface area contributed by atoms with E-state index in [4.69, 9.17) is 0 Å². The summed E-state index contributed by atoms with van der Waals surface area (Å²) in [5.41, 5.74) is 0.221. The number of rotatable bonds is 5. The fourth-order valence-corrected chi connectivity index (χ4v) is 2.70. The van der Waals surface area contributed by atoms with E-state index in [0.29, 0.717) is 6.04 Å². The van der Waals surface area contributed by atoms with Gasteiger partial charge in [-0.25, -0.2) is 4.98 Å². The SMILES string of the molecule is CN(Cc1nccn1C)C1CCC1CNC(C)(C)C. The number of hydrogen-bond donors (Lipinski definition) is 1. The van der Waals surface area contributed by atoms with Crippen LogP contribution < -0.4 is 5.32 Å². The second-order valence-electron chi connectivity index (χ2n) is 6.91. The lowest BCUT2D eigenvalue weighted by molar-refractivity contribution is 0.0713. The van der Waals surface area contributed by atoms with Crippen molar-refractivity contribution in [3.63, 3.8) is 0 Å². The van der Waals surface area contributed by atoms with Gasteiger partial charge < -0.3 is 9.88 Å². The Hall–Kier alpha value is -0.870. The minimum Gasteiger partial charge on any atom is -0.337 e. The molecule has 1 saturated carbocycles. The Balaban J connectivity index is 1.83. The lowest BCUT2D eigenvalue weighted by Crippen LogP contribution is -2.51. The molecule has 1 aliphatic carbocycles. The largest absolute Gasteiger partial charge is 0.337 e. The van der Waals surface area contributed by atoms with Crippen LogP contribution in [0.3, 0.4) is 0 Å². The summed E-state index contributed by atoms with van der Waals surface area (Å²) in [6.07, 6.45) is 6.56. The molecule has 0 spiro atoms. The van der Waals surface area contributed by atoms with Gasteiger partial charge in [0.25, 0.3) is 0 Å². The van der Waals surface area contributed by atoms with Crippen molar-refractivity contribution in [3.05, 3.63) is 18.2 Å². The van der Waals surface area contributed by atoms with Crippen molar-refractivity contribution in [2.24, 2.45) is 13.0 Å². The smallest absolute Gasteiger partial charge is 0.122 e. The van der Waals surface area contributed by atoms with Gasteiger partial charge in [0.2, 0.25) is 0 Å². The maximum Gasteiger partial charge on any atom is 0.122 e. The van der Waals surface area contributed by atoms with Crippen molar-refractivity contribution in [3.8, 4) is 0 Å². The van der Waals surface area contributed by atoms with Crippen molar-refractivity contribution < 1.29 is 0 Å². The Bertz CT molecular complexity index is 405. The molecule has 1 aromatic rings. The van der Waals surface area contributed by atoms with Gasteiger partial charge in [-0.05, 0) is 53.1 Å². The second kappa shape index (κ2) is 5.63. The van der Waals surface area contributed by atoms with Crippen molar-refractivity contribution in [2.75, 3.05) is 13.6 Å². The molecular formula is C15H28N4. The maximum absolute atomic E-state index is 4.41. The van der Waals surface area contributed by atoms with Crippen molar-refractivity contribution in [1.29, 1.82) is 0 Å². The van der Waals surface area contributed by atoms with Gasteiger partial charge in [-0.3, -0.25) is 4.90 Å². The van der Waals surface area contributed by atoms with E-state index < -0.39 is 0 Å². The fraction of sp³-hybridized carbons (Fsp3) is 0.800. The average molecular weight is 264 g/mol. The molecule has 0 aromatic carbocycles. The van der Waals surface area contributed by atoms with Gasteiger partial charge in [0.1, 0.15) is 5.82 Å². The molecule has 0 bridgehead atoms. The number of aryl methyl sites for hydroxylation is 1. The molecule has 0 amide bonds. The maximum atomic E-state index is 4.41. The first-order valence-electron chi connectivity index (χ1n) is 7.28. The lowest BCUT2D eigenvalue weighted by atomic mass is 9.78. The van der Waals surface area contributed by atoms with Gasteiger partial charge in [-0.2, -0.15) is 0 Å². The number of imidazole rings is 1. The number of aromatic nitrogens is 2. The molecule has 1 heterocycles. The van der Waals surface area contributed by atoms with Gasteiger partial charge >= 0.3 is 0 Å². The summed E-state index contributed by atoms with van der Waals surface area (Å²) in [4.78, 5) is 6.87. The van der Waals surface area contributed by atoms with E-state index in [0.717, 1.165) is 24.8 Å². The highest BCUT2D eigenvalue weighted by molar-refractivity contribution is 4.95. The monoisotopic (exact) mass is 264 g/mol. The van der Waals surface area contributed by atoms with Gasteiger partial charge in [0.15, 0.2) is 0 Å². The topological polar surface area (TPSA) is 33.1 Å². The van der Waals surface area contributed by atoms with Crippen LogP contribution in [0.5, 0.6) is 0 Å². The molecule has 4 nitrogen and oxygen atoms in total. The van der Waals surface area contributed by atoms with Crippen LogP contribution in [0.2, 0.25) is 0 Å². The molecule has 2 atom stereocenters. The number of hydrogen-bond acceptors (Lipinski definition) is 3. The summed E-state index contributed by atoms with van der Waals surface area (Å²) < 4.78 is 2.11. The van der Waals surface area contributed by atoms with E-state index in [9.17, 15) is 0 Å². The minimum absolute atomic E-state index is 0.221. The Labute approximate surface area is 117 Å². The Morgan fingerprint density at radius 2 is 2.16 bits per heavy atom. The zero-order valence-electron chi connectivity index (χ0n) is 13.0. The highest BCUT2D eigenvalue weighted by atomic mass is 15.2. The van der Waals surface area contributed by atoms with E-state index in [1.165, 1.54) is 12.8 Å². The first kappa shape index (κ1) is 14.5. The van der Waals surface area contributed by atoms with Crippen LogP contribution in [0.4, 0.5) is 0 Å². The van der Waals surface area contributed by atoms with Crippen LogP contribution in [-0.4, -0.2) is 39.6 Å². The first-order chi connectivity index (χ1) is 8.87. The Morgan fingerprint density at radius 1 is 1.42 bits per heavy atom. The summed E-state index contributed by atoms with van der Waals surface area (Å²) in [6.45, 7) is 8.77. The predicted molar refractivity (Wildman–Crippen MR) is 78.9 cm³/mol. The third-order valence-electron chi connectivity index (χ3n) is 4.15. The molecule has 2 rings (SSSR count). The molecule has 1 aromatic heterocycles. The highest BCUT2D eigenvalue weighted by Gasteiger charge is 2.34. The standard InChI is InChI=1S/C15H28N4/c1-15(2,3)17-10-12-6-7-13(12)19(5)11-14-16-8-9-18(14)4/h8-9,12-13,17H,6-7,10-11H2,1-5H3. The summed E-state index contributed by atoms with van der Waals surface area (Å²) in [7, 11) is 4.29. The summed E-state index contributed by atoms with van der Waals surface area (Å²) in [6, 6.07) is 0.701. The van der Waals surface area contributed by atoms with Gasteiger partial charge in [0, 0.05) is 31.0 Å². The van der Waals surface area contributed by atoms with Crippen LogP contribution in [0.1, 0.15) is 39.4 Å². The molecular weight excluding hydrogens is 236 g/mol. The van der Waals surface area contributed by atoms with Crippen molar-refractivity contribution >= 4 is 0 Å². The van der Waals surface area contributed by atoms with Gasteiger partial charge in [-0.1, -0.05) is 0 Å². The fourth-order valence-electron chi connectivity index (χ4n) is 2.70. The van der Waals surface area contributed by atoms with E-state index in [1.807, 2.05) is 12.4 Å². The van der Waals surface area contributed by atoms with Crippen LogP contribution >= 0.6 is 0 Å². The molecule has 1 N–H and O–H groups in total. The number of nitrogens with zero attached hydrogens (tertiary/aromatic N) is 3. The average Bonchev–Trinajstić information content (AvgIpc) is 2.61. The van der Waals surface area contributed by atoms with E-state index in [-0.39, 0.29) is 5.54 Å². The lowest BCUT2D eigenvalue weighted by Gasteiger charge is -2.43. The predicted octanol–water partition coefficient (Wildman–Crippen LogP) is 2.02. The van der Waals surface area contributed by atoms with Crippen molar-refractivity contribution in [2.45, 2.75) is 51.7 Å². The summed E-state index contributed by atoms with van der Waals surface area (Å²) in [5, 5.41) is 3.63. The molecule has 0 radical (unpaired) electrons. The molecule has 1 aliphatic rings. The third kappa shape index (κ3) is 3.80. The zero-order valence-corrected chi connectivity index (χ0v) is 13.0. The Morgan fingerprint density at radius 3 is 2.63 bits per heavy atom. The quantitative estimate of drug-likeness (QED) is 0.883. The summed E-state index contributed by atoms with van der Waals surface area (Å²) in [5.74, 6) is 1.93. The molecule has 2 unspecified atom stereocenters. The van der Waals surface area contributed by atoms with E-state index >= 15 is 0 Å². The van der Waals surface area contributed by atoms with Crippen molar-refractivity contribution in [1.82, 2.24) is 19.8 Å². The van der Waals surface area contributed by atoms with Crippen LogP contribution in [-0.2, 0) is 13.6 Å². The summed E-state index contributed by atoms with van der Waals surface area (Å²) >= 11 is 0.